The first-order valence-corrected chi connectivity index (χ1v) is 8.18. The number of thiazole rings is 1. The van der Waals surface area contributed by atoms with E-state index in [9.17, 15) is 17.6 Å². The third kappa shape index (κ3) is 3.84. The molecule has 0 fully saturated rings. The number of aromatic carboxylic acids is 1. The molecule has 9 heteroatoms. The number of rotatable bonds is 6. The number of nitrogens with one attached hydrogen (secondary N) is 1. The number of carboxylic acids is 1. The lowest BCUT2D eigenvalue weighted by atomic mass is 10.4. The van der Waals surface area contributed by atoms with Crippen molar-refractivity contribution in [3.63, 3.8) is 0 Å². The number of sulfonamides is 1. The maximum absolute atomic E-state index is 13.4. The highest BCUT2D eigenvalue weighted by molar-refractivity contribution is 7.89. The van der Waals surface area contributed by atoms with E-state index in [4.69, 9.17) is 5.11 Å². The Morgan fingerprint density at radius 3 is 2.71 bits per heavy atom. The van der Waals surface area contributed by atoms with Gasteiger partial charge in [0.25, 0.3) is 0 Å². The van der Waals surface area contributed by atoms with Gasteiger partial charge in [-0.15, -0.1) is 11.3 Å². The van der Waals surface area contributed by atoms with Crippen LogP contribution in [0.3, 0.4) is 0 Å². The molecule has 112 valence electrons. The van der Waals surface area contributed by atoms with Crippen molar-refractivity contribution in [2.24, 2.45) is 0 Å². The van der Waals surface area contributed by atoms with E-state index in [-0.39, 0.29) is 18.7 Å². The number of aromatic nitrogens is 1. The molecule has 0 unspecified atom stereocenters. The lowest BCUT2D eigenvalue weighted by Crippen LogP contribution is -2.26. The fraction of sp³-hybridized carbons (Fsp3) is 0.167. The summed E-state index contributed by atoms with van der Waals surface area (Å²) in [5, 5.41) is 10.6. The van der Waals surface area contributed by atoms with Gasteiger partial charge in [0.2, 0.25) is 10.0 Å². The lowest BCUT2D eigenvalue weighted by Gasteiger charge is -2.06. The lowest BCUT2D eigenvalue weighted by molar-refractivity contribution is 0.0691. The standard InChI is InChI=1S/C12H11FN2O4S2/c13-8-3-1-2-4-10(8)21(18,19)14-6-5-11-15-9(7-20-11)12(16)17/h1-4,7,14H,5-6H2,(H,16,17). The molecule has 0 radical (unpaired) electrons. The molecule has 2 aromatic rings. The van der Waals surface area contributed by atoms with Crippen molar-refractivity contribution in [2.45, 2.75) is 11.3 Å². The molecule has 0 amide bonds. The topological polar surface area (TPSA) is 96.4 Å². The van der Waals surface area contributed by atoms with Gasteiger partial charge in [0.1, 0.15) is 10.7 Å². The average molecular weight is 330 g/mol. The van der Waals surface area contributed by atoms with E-state index in [1.807, 2.05) is 0 Å². The van der Waals surface area contributed by atoms with Crippen molar-refractivity contribution in [2.75, 3.05) is 6.54 Å². The van der Waals surface area contributed by atoms with Crippen LogP contribution >= 0.6 is 11.3 Å². The zero-order valence-corrected chi connectivity index (χ0v) is 12.2. The number of hydrogen-bond donors (Lipinski definition) is 2. The molecule has 0 saturated heterocycles. The molecule has 0 atom stereocenters. The largest absolute Gasteiger partial charge is 0.476 e. The van der Waals surface area contributed by atoms with Gasteiger partial charge in [-0.3, -0.25) is 0 Å². The summed E-state index contributed by atoms with van der Waals surface area (Å²) in [5.41, 5.74) is -0.0769. The van der Waals surface area contributed by atoms with Gasteiger partial charge in [-0.2, -0.15) is 0 Å². The molecule has 1 aromatic carbocycles. The van der Waals surface area contributed by atoms with Crippen LogP contribution in [0.2, 0.25) is 0 Å². The minimum atomic E-state index is -3.94. The minimum Gasteiger partial charge on any atom is -0.476 e. The van der Waals surface area contributed by atoms with Crippen LogP contribution in [0.4, 0.5) is 4.39 Å². The van der Waals surface area contributed by atoms with Crippen LogP contribution in [0.15, 0.2) is 34.5 Å². The molecule has 0 spiro atoms. The van der Waals surface area contributed by atoms with Crippen LogP contribution < -0.4 is 4.72 Å². The smallest absolute Gasteiger partial charge is 0.355 e. The summed E-state index contributed by atoms with van der Waals surface area (Å²) in [4.78, 5) is 14.1. The van der Waals surface area contributed by atoms with Gasteiger partial charge < -0.3 is 5.11 Å². The predicted octanol–water partition coefficient (Wildman–Crippen LogP) is 1.50. The molecule has 0 aliphatic heterocycles. The van der Waals surface area contributed by atoms with E-state index >= 15 is 0 Å². The van der Waals surface area contributed by atoms with Crippen LogP contribution in [0.5, 0.6) is 0 Å². The summed E-state index contributed by atoms with van der Waals surface area (Å²) in [6.07, 6.45) is 0.228. The van der Waals surface area contributed by atoms with Crippen molar-refractivity contribution in [3.05, 3.63) is 46.2 Å². The molecule has 0 saturated carbocycles. The van der Waals surface area contributed by atoms with Crippen LogP contribution in [-0.2, 0) is 16.4 Å². The van der Waals surface area contributed by atoms with E-state index in [1.54, 1.807) is 0 Å². The molecule has 2 rings (SSSR count). The van der Waals surface area contributed by atoms with Crippen molar-refractivity contribution < 1.29 is 22.7 Å². The van der Waals surface area contributed by atoms with Crippen molar-refractivity contribution in [1.29, 1.82) is 0 Å². The average Bonchev–Trinajstić information content (AvgIpc) is 2.88. The number of carboxylic acid groups (broad SMARTS) is 1. The Labute approximate surface area is 124 Å². The molecule has 0 aliphatic rings. The van der Waals surface area contributed by atoms with Crippen LogP contribution in [0, 0.1) is 5.82 Å². The van der Waals surface area contributed by atoms with Crippen molar-refractivity contribution >= 4 is 27.3 Å². The van der Waals surface area contributed by atoms with E-state index in [1.165, 1.54) is 23.6 Å². The molecule has 1 heterocycles. The number of nitrogens with zero attached hydrogens (tertiary/aromatic N) is 1. The highest BCUT2D eigenvalue weighted by Crippen LogP contribution is 2.14. The second-order valence-electron chi connectivity index (χ2n) is 4.01. The van der Waals surface area contributed by atoms with Crippen LogP contribution in [-0.4, -0.2) is 31.0 Å². The Morgan fingerprint density at radius 1 is 1.38 bits per heavy atom. The van der Waals surface area contributed by atoms with Gasteiger partial charge in [-0.05, 0) is 12.1 Å². The fourth-order valence-electron chi connectivity index (χ4n) is 1.56. The van der Waals surface area contributed by atoms with Crippen molar-refractivity contribution in [3.8, 4) is 0 Å². The first-order valence-electron chi connectivity index (χ1n) is 5.82. The van der Waals surface area contributed by atoms with Gasteiger partial charge in [0, 0.05) is 18.3 Å². The minimum absolute atomic E-state index is 0.00321. The Bertz CT molecular complexity index is 758. The van der Waals surface area contributed by atoms with Gasteiger partial charge in [0.05, 0.1) is 5.01 Å². The van der Waals surface area contributed by atoms with Crippen LogP contribution in [0.25, 0.3) is 0 Å². The highest BCUT2D eigenvalue weighted by atomic mass is 32.2. The third-order valence-corrected chi connectivity index (χ3v) is 4.93. The second kappa shape index (κ2) is 6.29. The predicted molar refractivity (Wildman–Crippen MR) is 74.4 cm³/mol. The molecule has 0 bridgehead atoms. The Hall–Kier alpha value is -1.84. The molecule has 2 N–H and O–H groups in total. The summed E-state index contributed by atoms with van der Waals surface area (Å²) < 4.78 is 39.5. The molecule has 21 heavy (non-hydrogen) atoms. The summed E-state index contributed by atoms with van der Waals surface area (Å²) in [6, 6.07) is 5.06. The summed E-state index contributed by atoms with van der Waals surface area (Å²) in [5.74, 6) is -1.96. The fourth-order valence-corrected chi connectivity index (χ4v) is 3.44. The first kappa shape index (κ1) is 15.5. The second-order valence-corrected chi connectivity index (χ2v) is 6.69. The summed E-state index contributed by atoms with van der Waals surface area (Å²) >= 11 is 1.13. The zero-order valence-electron chi connectivity index (χ0n) is 10.6. The maximum atomic E-state index is 13.4. The van der Waals surface area contributed by atoms with Gasteiger partial charge in [-0.25, -0.2) is 27.3 Å². The molecular formula is C12H11FN2O4S2. The summed E-state index contributed by atoms with van der Waals surface area (Å²) in [7, 11) is -3.94. The van der Waals surface area contributed by atoms with E-state index in [0.29, 0.717) is 5.01 Å². The molecule has 6 nitrogen and oxygen atoms in total. The zero-order chi connectivity index (χ0) is 15.5. The number of benzene rings is 1. The Morgan fingerprint density at radius 2 is 2.10 bits per heavy atom. The van der Waals surface area contributed by atoms with E-state index < -0.39 is 26.7 Å². The van der Waals surface area contributed by atoms with E-state index in [0.717, 1.165) is 17.4 Å². The Kier molecular flexibility index (Phi) is 4.66. The van der Waals surface area contributed by atoms with Crippen molar-refractivity contribution in [1.82, 2.24) is 9.71 Å². The van der Waals surface area contributed by atoms with E-state index in [2.05, 4.69) is 9.71 Å². The highest BCUT2D eigenvalue weighted by Gasteiger charge is 2.18. The van der Waals surface area contributed by atoms with Gasteiger partial charge in [-0.1, -0.05) is 12.1 Å². The quantitative estimate of drug-likeness (QED) is 0.837. The Balaban J connectivity index is 1.99. The monoisotopic (exact) mass is 330 g/mol. The summed E-state index contributed by atoms with van der Waals surface area (Å²) in [6.45, 7) is 0.00321. The van der Waals surface area contributed by atoms with Gasteiger partial charge >= 0.3 is 5.97 Å². The van der Waals surface area contributed by atoms with Crippen LogP contribution in [0.1, 0.15) is 15.5 Å². The molecular weight excluding hydrogens is 319 g/mol. The van der Waals surface area contributed by atoms with Gasteiger partial charge in [0.15, 0.2) is 5.69 Å². The first-order chi connectivity index (χ1) is 9.90. The maximum Gasteiger partial charge on any atom is 0.355 e. The SMILES string of the molecule is O=C(O)c1csc(CCNS(=O)(=O)c2ccccc2F)n1. The number of carbonyl (C=O) groups is 1. The normalized spacial score (nSPS) is 11.5. The molecule has 0 aliphatic carbocycles. The third-order valence-electron chi connectivity index (χ3n) is 2.53. The number of halogens is 1. The molecule has 1 aromatic heterocycles. The number of hydrogen-bond acceptors (Lipinski definition) is 5.